The van der Waals surface area contributed by atoms with Gasteiger partial charge in [0.15, 0.2) is 0 Å². The molecular weight excluding hydrogens is 268 g/mol. The Balaban J connectivity index is 1.67. The minimum Gasteiger partial charge on any atom is -0.480 e. The summed E-state index contributed by atoms with van der Waals surface area (Å²) in [6.45, 7) is 0. The highest BCUT2D eigenvalue weighted by Crippen LogP contribution is 2.33. The molecule has 0 heterocycles. The number of fused-ring (bicyclic) bond motifs is 1. The fourth-order valence-electron chi connectivity index (χ4n) is 3.24. The van der Waals surface area contributed by atoms with Crippen molar-refractivity contribution < 1.29 is 14.7 Å². The van der Waals surface area contributed by atoms with Gasteiger partial charge in [0.05, 0.1) is 6.04 Å². The van der Waals surface area contributed by atoms with E-state index in [0.29, 0.717) is 12.8 Å². The first-order valence-corrected chi connectivity index (χ1v) is 7.51. The van der Waals surface area contributed by atoms with E-state index in [9.17, 15) is 14.7 Å². The minimum atomic E-state index is -1.06. The van der Waals surface area contributed by atoms with Crippen molar-refractivity contribution in [3.63, 3.8) is 0 Å². The van der Waals surface area contributed by atoms with Crippen LogP contribution in [0.1, 0.15) is 49.3 Å². The van der Waals surface area contributed by atoms with Gasteiger partial charge in [0.1, 0.15) is 5.54 Å². The van der Waals surface area contributed by atoms with E-state index in [1.807, 2.05) is 18.2 Å². The lowest BCUT2D eigenvalue weighted by atomic mass is 9.77. The first-order chi connectivity index (χ1) is 10.1. The number of carbonyl (C=O) groups excluding carboxylic acids is 1. The number of rotatable bonds is 3. The van der Waals surface area contributed by atoms with Crippen LogP contribution in [0.2, 0.25) is 0 Å². The summed E-state index contributed by atoms with van der Waals surface area (Å²) in [7, 11) is 0. The van der Waals surface area contributed by atoms with E-state index in [1.54, 1.807) is 0 Å². The van der Waals surface area contributed by atoms with Crippen LogP contribution in [0.4, 0.5) is 4.79 Å². The van der Waals surface area contributed by atoms with Crippen molar-refractivity contribution in [3.8, 4) is 0 Å². The maximum absolute atomic E-state index is 12.1. The maximum atomic E-state index is 12.1. The van der Waals surface area contributed by atoms with Crippen molar-refractivity contribution in [2.75, 3.05) is 0 Å². The Bertz CT molecular complexity index is 566. The molecule has 1 aromatic carbocycles. The number of aryl methyl sites for hydroxylation is 1. The number of benzene rings is 1. The van der Waals surface area contributed by atoms with Crippen LogP contribution in [0.15, 0.2) is 24.3 Å². The second-order valence-corrected chi connectivity index (χ2v) is 5.98. The molecule has 2 aliphatic carbocycles. The van der Waals surface area contributed by atoms with E-state index in [4.69, 9.17) is 0 Å². The van der Waals surface area contributed by atoms with E-state index in [0.717, 1.165) is 31.2 Å². The molecule has 5 heteroatoms. The molecule has 2 aliphatic rings. The van der Waals surface area contributed by atoms with Crippen molar-refractivity contribution in [1.29, 1.82) is 0 Å². The zero-order valence-electron chi connectivity index (χ0n) is 11.9. The van der Waals surface area contributed by atoms with E-state index in [-0.39, 0.29) is 12.1 Å². The molecule has 0 saturated heterocycles. The molecule has 1 fully saturated rings. The van der Waals surface area contributed by atoms with Crippen LogP contribution in [0.5, 0.6) is 0 Å². The lowest BCUT2D eigenvalue weighted by molar-refractivity contribution is -0.148. The summed E-state index contributed by atoms with van der Waals surface area (Å²) in [5.41, 5.74) is 1.36. The Hall–Kier alpha value is -2.04. The molecule has 21 heavy (non-hydrogen) atoms. The number of amides is 2. The molecule has 1 atom stereocenters. The molecular formula is C16H20N2O3. The smallest absolute Gasteiger partial charge is 0.329 e. The number of carboxylic acids is 1. The zero-order chi connectivity index (χ0) is 14.9. The lowest BCUT2D eigenvalue weighted by Crippen LogP contribution is -2.61. The Labute approximate surface area is 123 Å². The minimum absolute atomic E-state index is 0.0270. The fraction of sp³-hybridized carbons (Fsp3) is 0.500. The van der Waals surface area contributed by atoms with Gasteiger partial charge in [-0.05, 0) is 49.7 Å². The number of hydrogen-bond donors (Lipinski definition) is 3. The molecule has 2 amide bonds. The Kier molecular flexibility index (Phi) is 3.57. The number of urea groups is 1. The normalized spacial score (nSPS) is 22.6. The van der Waals surface area contributed by atoms with Crippen LogP contribution in [0.3, 0.4) is 0 Å². The van der Waals surface area contributed by atoms with Crippen molar-refractivity contribution in [2.24, 2.45) is 0 Å². The average Bonchev–Trinajstić information content (AvgIpc) is 2.43. The molecule has 1 saturated carbocycles. The van der Waals surface area contributed by atoms with Gasteiger partial charge in [-0.15, -0.1) is 0 Å². The molecule has 3 rings (SSSR count). The molecule has 0 aromatic heterocycles. The second kappa shape index (κ2) is 5.39. The van der Waals surface area contributed by atoms with E-state index < -0.39 is 11.5 Å². The highest BCUT2D eigenvalue weighted by molar-refractivity contribution is 5.87. The number of aliphatic carboxylic acids is 1. The molecule has 1 aromatic rings. The van der Waals surface area contributed by atoms with Gasteiger partial charge >= 0.3 is 12.0 Å². The quantitative estimate of drug-likeness (QED) is 0.799. The molecule has 5 nitrogen and oxygen atoms in total. The van der Waals surface area contributed by atoms with Gasteiger partial charge in [-0.25, -0.2) is 9.59 Å². The Morgan fingerprint density at radius 3 is 2.62 bits per heavy atom. The van der Waals surface area contributed by atoms with Crippen LogP contribution >= 0.6 is 0 Å². The van der Waals surface area contributed by atoms with E-state index >= 15 is 0 Å². The van der Waals surface area contributed by atoms with E-state index in [2.05, 4.69) is 16.7 Å². The van der Waals surface area contributed by atoms with Crippen molar-refractivity contribution in [3.05, 3.63) is 35.4 Å². The molecule has 112 valence electrons. The van der Waals surface area contributed by atoms with Gasteiger partial charge in [0, 0.05) is 0 Å². The van der Waals surface area contributed by atoms with Gasteiger partial charge < -0.3 is 15.7 Å². The van der Waals surface area contributed by atoms with Gasteiger partial charge in [-0.2, -0.15) is 0 Å². The summed E-state index contributed by atoms with van der Waals surface area (Å²) in [5, 5.41) is 14.9. The summed E-state index contributed by atoms with van der Waals surface area (Å²) in [5.74, 6) is -0.937. The first-order valence-electron chi connectivity index (χ1n) is 7.51. The number of nitrogens with one attached hydrogen (secondary N) is 2. The van der Waals surface area contributed by atoms with Crippen molar-refractivity contribution >= 4 is 12.0 Å². The van der Waals surface area contributed by atoms with Gasteiger partial charge in [0.2, 0.25) is 0 Å². The summed E-state index contributed by atoms with van der Waals surface area (Å²) < 4.78 is 0. The first kappa shape index (κ1) is 13.9. The molecule has 0 bridgehead atoms. The number of carboxylic acid groups (broad SMARTS) is 1. The average molecular weight is 288 g/mol. The molecule has 0 radical (unpaired) electrons. The summed E-state index contributed by atoms with van der Waals surface area (Å²) in [4.78, 5) is 23.4. The third-order valence-corrected chi connectivity index (χ3v) is 4.64. The highest BCUT2D eigenvalue weighted by atomic mass is 16.4. The van der Waals surface area contributed by atoms with Crippen LogP contribution in [-0.2, 0) is 11.2 Å². The maximum Gasteiger partial charge on any atom is 0.329 e. The Morgan fingerprint density at radius 1 is 1.19 bits per heavy atom. The van der Waals surface area contributed by atoms with Crippen LogP contribution in [-0.4, -0.2) is 22.6 Å². The second-order valence-electron chi connectivity index (χ2n) is 5.98. The molecule has 1 unspecified atom stereocenters. The zero-order valence-corrected chi connectivity index (χ0v) is 11.9. The monoisotopic (exact) mass is 288 g/mol. The summed E-state index contributed by atoms with van der Waals surface area (Å²) in [6.07, 6.45) is 4.83. The van der Waals surface area contributed by atoms with Crippen molar-refractivity contribution in [1.82, 2.24) is 10.6 Å². The number of carbonyl (C=O) groups is 2. The van der Waals surface area contributed by atoms with E-state index in [1.165, 1.54) is 5.56 Å². The third kappa shape index (κ3) is 2.60. The predicted octanol–water partition coefficient (Wildman–Crippen LogP) is 2.37. The molecule has 0 aliphatic heterocycles. The summed E-state index contributed by atoms with van der Waals surface area (Å²) in [6, 6.07) is 7.71. The third-order valence-electron chi connectivity index (χ3n) is 4.64. The molecule has 0 spiro atoms. The van der Waals surface area contributed by atoms with Crippen molar-refractivity contribution in [2.45, 2.75) is 50.1 Å². The largest absolute Gasteiger partial charge is 0.480 e. The lowest BCUT2D eigenvalue weighted by Gasteiger charge is -2.38. The number of hydrogen-bond acceptors (Lipinski definition) is 2. The van der Waals surface area contributed by atoms with Crippen LogP contribution in [0, 0.1) is 0 Å². The van der Waals surface area contributed by atoms with Gasteiger partial charge in [0.25, 0.3) is 0 Å². The van der Waals surface area contributed by atoms with Crippen LogP contribution in [0.25, 0.3) is 0 Å². The fourth-order valence-corrected chi connectivity index (χ4v) is 3.24. The summed E-state index contributed by atoms with van der Waals surface area (Å²) >= 11 is 0. The standard InChI is InChI=1S/C16H20N2O3/c19-14(20)16(9-4-10-16)18-15(21)17-13-8-3-6-11-5-1-2-7-12(11)13/h1-2,5,7,13H,3-4,6,8-10H2,(H,19,20)(H2,17,18,21). The van der Waals surface area contributed by atoms with Crippen LogP contribution < -0.4 is 10.6 Å². The SMILES string of the molecule is O=C(NC1CCCc2ccccc21)NC1(C(=O)O)CCC1. The molecule has 3 N–H and O–H groups in total. The van der Waals surface area contributed by atoms with Gasteiger partial charge in [-0.3, -0.25) is 0 Å². The predicted molar refractivity (Wildman–Crippen MR) is 78.0 cm³/mol. The van der Waals surface area contributed by atoms with Gasteiger partial charge in [-0.1, -0.05) is 24.3 Å². The Morgan fingerprint density at radius 2 is 1.95 bits per heavy atom. The topological polar surface area (TPSA) is 78.4 Å². The highest BCUT2D eigenvalue weighted by Gasteiger charge is 2.46.